The average molecular weight is 363 g/mol. The molecule has 8 nitrogen and oxygen atoms in total. The van der Waals surface area contributed by atoms with E-state index in [0.717, 1.165) is 0 Å². The molecular weight excluding hydrogens is 343 g/mol. The second-order valence-corrected chi connectivity index (χ2v) is 6.73. The summed E-state index contributed by atoms with van der Waals surface area (Å²) >= 11 is 0. The summed E-state index contributed by atoms with van der Waals surface area (Å²) in [5.41, 5.74) is -0.594. The molecule has 0 radical (unpaired) electrons. The van der Waals surface area contributed by atoms with Crippen molar-refractivity contribution in [1.29, 1.82) is 0 Å². The van der Waals surface area contributed by atoms with Gasteiger partial charge < -0.3 is 15.0 Å². The molecule has 1 fully saturated rings. The van der Waals surface area contributed by atoms with Crippen LogP contribution in [0.3, 0.4) is 0 Å². The van der Waals surface area contributed by atoms with Crippen LogP contribution < -0.4 is 5.32 Å². The molecule has 11 heteroatoms. The Morgan fingerprint density at radius 1 is 1.36 bits per heavy atom. The highest BCUT2D eigenvalue weighted by molar-refractivity contribution is 5.81. The number of carbonyl (C=O) groups excluding carboxylic acids is 2. The van der Waals surface area contributed by atoms with Crippen molar-refractivity contribution in [1.82, 2.24) is 25.4 Å². The predicted molar refractivity (Wildman–Crippen MR) is 79.4 cm³/mol. The number of likely N-dealkylation sites (tertiary alicyclic amines) is 1. The first-order valence-corrected chi connectivity index (χ1v) is 7.70. The molecule has 25 heavy (non-hydrogen) atoms. The standard InChI is InChI=1S/C14H20F3N5O3/c1-13(2,3)25-12(24)22-5-4-8(7-22)10-19-9(20-21-10)6-18-11(23)14(15,16)17/h8H,4-7H2,1-3H3,(H,18,23)(H,19,20,21). The monoisotopic (exact) mass is 363 g/mol. The lowest BCUT2D eigenvalue weighted by atomic mass is 10.1. The van der Waals surface area contributed by atoms with E-state index in [1.807, 2.05) is 0 Å². The number of nitrogens with one attached hydrogen (secondary N) is 2. The first-order valence-electron chi connectivity index (χ1n) is 7.70. The van der Waals surface area contributed by atoms with Crippen molar-refractivity contribution in [2.75, 3.05) is 13.1 Å². The van der Waals surface area contributed by atoms with Gasteiger partial charge in [0.25, 0.3) is 0 Å². The summed E-state index contributed by atoms with van der Waals surface area (Å²) in [6.45, 7) is 5.75. The third-order valence-corrected chi connectivity index (χ3v) is 3.43. The van der Waals surface area contributed by atoms with Crippen LogP contribution in [0, 0.1) is 0 Å². The maximum Gasteiger partial charge on any atom is 0.471 e. The van der Waals surface area contributed by atoms with Crippen LogP contribution in [0.25, 0.3) is 0 Å². The van der Waals surface area contributed by atoms with Gasteiger partial charge in [-0.1, -0.05) is 0 Å². The van der Waals surface area contributed by atoms with Gasteiger partial charge in [-0.3, -0.25) is 9.89 Å². The topological polar surface area (TPSA) is 100 Å². The zero-order valence-corrected chi connectivity index (χ0v) is 14.1. The molecule has 1 unspecified atom stereocenters. The van der Waals surface area contributed by atoms with E-state index in [2.05, 4.69) is 15.2 Å². The van der Waals surface area contributed by atoms with Crippen LogP contribution in [0.4, 0.5) is 18.0 Å². The number of halogens is 3. The van der Waals surface area contributed by atoms with E-state index in [1.54, 1.807) is 26.1 Å². The zero-order valence-electron chi connectivity index (χ0n) is 14.1. The molecule has 2 amide bonds. The highest BCUT2D eigenvalue weighted by atomic mass is 19.4. The number of nitrogens with zero attached hydrogens (tertiary/aromatic N) is 3. The van der Waals surface area contributed by atoms with E-state index < -0.39 is 30.3 Å². The number of aromatic amines is 1. The van der Waals surface area contributed by atoms with Gasteiger partial charge in [-0.25, -0.2) is 9.78 Å². The number of hydrogen-bond acceptors (Lipinski definition) is 5. The third-order valence-electron chi connectivity index (χ3n) is 3.43. The van der Waals surface area contributed by atoms with Crippen LogP contribution >= 0.6 is 0 Å². The SMILES string of the molecule is CC(C)(C)OC(=O)N1CCC(c2n[nH]c(CNC(=O)C(F)(F)F)n2)C1. The summed E-state index contributed by atoms with van der Waals surface area (Å²) in [6, 6.07) is 0. The fraction of sp³-hybridized carbons (Fsp3) is 0.714. The van der Waals surface area contributed by atoms with Gasteiger partial charge in [0.1, 0.15) is 11.4 Å². The van der Waals surface area contributed by atoms with Crippen molar-refractivity contribution in [3.8, 4) is 0 Å². The molecule has 1 saturated heterocycles. The second kappa shape index (κ2) is 6.89. The van der Waals surface area contributed by atoms with Gasteiger partial charge in [-0.15, -0.1) is 0 Å². The number of aromatic nitrogens is 3. The molecule has 0 bridgehead atoms. The number of H-pyrrole nitrogens is 1. The van der Waals surface area contributed by atoms with Crippen molar-refractivity contribution < 1.29 is 27.5 Å². The molecule has 0 saturated carbocycles. The van der Waals surface area contributed by atoms with Gasteiger partial charge in [0, 0.05) is 19.0 Å². The van der Waals surface area contributed by atoms with Crippen LogP contribution in [0.2, 0.25) is 0 Å². The number of hydrogen-bond donors (Lipinski definition) is 2. The van der Waals surface area contributed by atoms with E-state index in [0.29, 0.717) is 25.3 Å². The third kappa shape index (κ3) is 5.33. The van der Waals surface area contributed by atoms with E-state index in [1.165, 1.54) is 4.90 Å². The summed E-state index contributed by atoms with van der Waals surface area (Å²) in [7, 11) is 0. The summed E-state index contributed by atoms with van der Waals surface area (Å²) in [5, 5.41) is 8.17. The molecule has 2 heterocycles. The maximum absolute atomic E-state index is 12.1. The Labute approximate surface area is 142 Å². The quantitative estimate of drug-likeness (QED) is 0.852. The lowest BCUT2D eigenvalue weighted by Crippen LogP contribution is -2.36. The van der Waals surface area contributed by atoms with Crippen molar-refractivity contribution in [2.24, 2.45) is 0 Å². The number of ether oxygens (including phenoxy) is 1. The minimum atomic E-state index is -4.94. The molecule has 2 N–H and O–H groups in total. The molecule has 0 aliphatic carbocycles. The smallest absolute Gasteiger partial charge is 0.444 e. The van der Waals surface area contributed by atoms with E-state index in [4.69, 9.17) is 4.74 Å². The molecule has 2 rings (SSSR count). The van der Waals surface area contributed by atoms with E-state index >= 15 is 0 Å². The van der Waals surface area contributed by atoms with Crippen LogP contribution in [-0.4, -0.2) is 56.9 Å². The molecular formula is C14H20F3N5O3. The number of rotatable bonds is 3. The first-order chi connectivity index (χ1) is 11.5. The zero-order chi connectivity index (χ0) is 18.8. The van der Waals surface area contributed by atoms with Crippen LogP contribution in [0.1, 0.15) is 44.8 Å². The van der Waals surface area contributed by atoms with Gasteiger partial charge in [0.05, 0.1) is 6.54 Å². The minimum absolute atomic E-state index is 0.114. The highest BCUT2D eigenvalue weighted by Gasteiger charge is 2.38. The summed E-state index contributed by atoms with van der Waals surface area (Å²) < 4.78 is 41.7. The normalized spacial score (nSPS) is 18.3. The molecule has 0 aromatic carbocycles. The maximum atomic E-state index is 12.1. The molecule has 140 valence electrons. The van der Waals surface area contributed by atoms with E-state index in [-0.39, 0.29) is 11.7 Å². The Morgan fingerprint density at radius 2 is 2.04 bits per heavy atom. The van der Waals surface area contributed by atoms with Gasteiger partial charge in [0.2, 0.25) is 0 Å². The lowest BCUT2D eigenvalue weighted by molar-refractivity contribution is -0.173. The van der Waals surface area contributed by atoms with Gasteiger partial charge in [-0.2, -0.15) is 18.3 Å². The molecule has 1 aromatic heterocycles. The summed E-state index contributed by atoms with van der Waals surface area (Å²) in [6.07, 6.45) is -4.75. The fourth-order valence-corrected chi connectivity index (χ4v) is 2.30. The van der Waals surface area contributed by atoms with Gasteiger partial charge in [0.15, 0.2) is 5.82 Å². The Hall–Kier alpha value is -2.33. The minimum Gasteiger partial charge on any atom is -0.444 e. The number of alkyl halides is 3. The van der Waals surface area contributed by atoms with E-state index in [9.17, 15) is 22.8 Å². The number of amides is 2. The molecule has 1 aromatic rings. The Kier molecular flexibility index (Phi) is 5.23. The molecule has 0 spiro atoms. The predicted octanol–water partition coefficient (Wildman–Crippen LogP) is 1.71. The number of carbonyl (C=O) groups is 2. The van der Waals surface area contributed by atoms with Crippen molar-refractivity contribution in [3.63, 3.8) is 0 Å². The van der Waals surface area contributed by atoms with Crippen molar-refractivity contribution in [2.45, 2.75) is 51.4 Å². The lowest BCUT2D eigenvalue weighted by Gasteiger charge is -2.24. The second-order valence-electron chi connectivity index (χ2n) is 6.73. The molecule has 1 atom stereocenters. The summed E-state index contributed by atoms with van der Waals surface area (Å²) in [5.74, 6) is -1.68. The summed E-state index contributed by atoms with van der Waals surface area (Å²) in [4.78, 5) is 28.4. The van der Waals surface area contributed by atoms with Crippen molar-refractivity contribution >= 4 is 12.0 Å². The van der Waals surface area contributed by atoms with Crippen LogP contribution in [0.5, 0.6) is 0 Å². The fourth-order valence-electron chi connectivity index (χ4n) is 2.30. The van der Waals surface area contributed by atoms with Crippen LogP contribution in [0.15, 0.2) is 0 Å². The highest BCUT2D eigenvalue weighted by Crippen LogP contribution is 2.26. The van der Waals surface area contributed by atoms with Gasteiger partial charge in [-0.05, 0) is 27.2 Å². The van der Waals surface area contributed by atoms with Crippen LogP contribution in [-0.2, 0) is 16.1 Å². The Bertz CT molecular complexity index is 638. The van der Waals surface area contributed by atoms with Crippen molar-refractivity contribution in [3.05, 3.63) is 11.6 Å². The first kappa shape index (κ1) is 19.0. The largest absolute Gasteiger partial charge is 0.471 e. The Morgan fingerprint density at radius 3 is 2.64 bits per heavy atom. The molecule has 1 aliphatic rings. The average Bonchev–Trinajstić information content (AvgIpc) is 3.10. The molecule has 1 aliphatic heterocycles. The Balaban J connectivity index is 1.89. The van der Waals surface area contributed by atoms with Gasteiger partial charge >= 0.3 is 18.2 Å².